The van der Waals surface area contributed by atoms with Gasteiger partial charge in [0.25, 0.3) is 5.91 Å². The van der Waals surface area contributed by atoms with Gasteiger partial charge in [0, 0.05) is 65.1 Å². The van der Waals surface area contributed by atoms with Crippen LogP contribution >= 0.6 is 29.9 Å². The van der Waals surface area contributed by atoms with E-state index in [4.69, 9.17) is 12.2 Å². The average molecular weight is 836 g/mol. The molecule has 0 aliphatic heterocycles. The molecule has 1 amide bonds. The van der Waals surface area contributed by atoms with Crippen molar-refractivity contribution in [3.8, 4) is 0 Å². The largest absolute Gasteiger partial charge is 0.478 e. The van der Waals surface area contributed by atoms with Crippen LogP contribution in [0, 0.1) is 0 Å². The first kappa shape index (κ1) is 39.1. The number of carbonyl (C=O) groups excluding carboxylic acids is 3. The fourth-order valence-corrected chi connectivity index (χ4v) is 4.87. The lowest BCUT2D eigenvalue weighted by Crippen LogP contribution is -2.12. The maximum atomic E-state index is 12.3. The van der Waals surface area contributed by atoms with Crippen LogP contribution in [0.4, 0.5) is 22.7 Å². The summed E-state index contributed by atoms with van der Waals surface area (Å²) in [5, 5.41) is 18.1. The molecule has 51 heavy (non-hydrogen) atoms. The highest BCUT2D eigenvalue weighted by Gasteiger charge is 2.20. The number of carboxylic acid groups (broad SMARTS) is 1. The number of alkyl halides is 1. The third-order valence-electron chi connectivity index (χ3n) is 7.64. The van der Waals surface area contributed by atoms with Gasteiger partial charge < -0.3 is 26.8 Å². The molecule has 0 fully saturated rings. The van der Waals surface area contributed by atoms with Crippen LogP contribution in [0.25, 0.3) is 0 Å². The topological polar surface area (TPSA) is 151 Å². The standard InChI is InChI=1S/C19H18N2O2.C13H13NO3.C6H7N.CH2IPS/c1-13-17(10-11-18(13)22)20-16-9-5-6-14(12-16)19(23)21-15-7-3-2-4-8-15;1-8-11(5-6-12(8)15)14-10-4-2-3-9(7-10)13(16)17;7-6-4-2-1-3-5-6;2-1-3-4/h2-9,12,20H,10-11H2,1H3,(H,21,23);2-4,7,14H,5-6H2,1H3,(H,16,17);1-5H,7H2;1H2/i;;;1D. The van der Waals surface area contributed by atoms with E-state index < -0.39 is 5.97 Å². The maximum absolute atomic E-state index is 12.3. The molecule has 2 aliphatic rings. The number of allylic oxidation sites excluding steroid dienone is 4. The molecule has 12 heteroatoms. The van der Waals surface area contributed by atoms with Gasteiger partial charge >= 0.3 is 5.97 Å². The Labute approximate surface area is 320 Å². The van der Waals surface area contributed by atoms with Crippen LogP contribution in [-0.4, -0.2) is 32.7 Å². The summed E-state index contributed by atoms with van der Waals surface area (Å²) in [5.74, 6) is -0.776. The normalized spacial score (nSPS) is 14.1. The second-order valence-electron chi connectivity index (χ2n) is 11.2. The average Bonchev–Trinajstić information content (AvgIpc) is 3.63. The highest BCUT2D eigenvalue weighted by molar-refractivity contribution is 14.1. The number of amides is 1. The number of nitrogen functional groups attached to an aromatic ring is 1. The van der Waals surface area contributed by atoms with Gasteiger partial charge in [0.05, 0.1) is 9.71 Å². The fraction of sp³-hybridized carbons (Fsp3) is 0.179. The van der Waals surface area contributed by atoms with Gasteiger partial charge in [-0.1, -0.05) is 82.9 Å². The number of rotatable bonds is 8. The zero-order valence-corrected chi connectivity index (χ0v) is 32.1. The number of carboxylic acids is 1. The maximum Gasteiger partial charge on any atom is 0.335 e. The minimum Gasteiger partial charge on any atom is -0.478 e. The molecule has 0 bridgehead atoms. The van der Waals surface area contributed by atoms with E-state index in [-0.39, 0.29) is 27.2 Å². The predicted molar refractivity (Wildman–Crippen MR) is 219 cm³/mol. The summed E-state index contributed by atoms with van der Waals surface area (Å²) in [4.78, 5) is 46.1. The number of nitrogens with two attached hydrogens (primary N) is 1. The molecule has 0 saturated carbocycles. The van der Waals surface area contributed by atoms with Crippen molar-refractivity contribution >= 4 is 87.9 Å². The highest BCUT2D eigenvalue weighted by atomic mass is 127. The van der Waals surface area contributed by atoms with E-state index in [1.54, 1.807) is 37.3 Å². The molecule has 6 N–H and O–H groups in total. The third kappa shape index (κ3) is 13.8. The quantitative estimate of drug-likeness (QED) is 0.0506. The summed E-state index contributed by atoms with van der Waals surface area (Å²) in [6, 6.07) is 32.7. The van der Waals surface area contributed by atoms with E-state index >= 15 is 0 Å². The smallest absolute Gasteiger partial charge is 0.335 e. The van der Waals surface area contributed by atoms with Crippen molar-refractivity contribution in [2.24, 2.45) is 0 Å². The van der Waals surface area contributed by atoms with Gasteiger partial charge in [0.1, 0.15) is 0 Å². The van der Waals surface area contributed by atoms with E-state index in [1.807, 2.05) is 102 Å². The summed E-state index contributed by atoms with van der Waals surface area (Å²) < 4.78 is 6.59. The Kier molecular flexibility index (Phi) is 16.5. The van der Waals surface area contributed by atoms with Gasteiger partial charge in [-0.3, -0.25) is 14.4 Å². The van der Waals surface area contributed by atoms with Crippen molar-refractivity contribution in [2.45, 2.75) is 39.5 Å². The molecule has 9 nitrogen and oxygen atoms in total. The number of benzene rings is 4. The zero-order valence-electron chi connectivity index (χ0n) is 29.2. The first-order valence-electron chi connectivity index (χ1n) is 16.4. The van der Waals surface area contributed by atoms with Gasteiger partial charge in [0.2, 0.25) is 0 Å². The lowest BCUT2D eigenvalue weighted by molar-refractivity contribution is -0.115. The first-order valence-corrected chi connectivity index (χ1v) is 19.1. The SMILES string of the molecule is CC1=C(Nc2cccc(C(=O)Nc3ccccc3)c2)CCC1=O.CC1=C(Nc2cccc(C(=O)O)c2)CCC1=O.Nc1ccccc1.[2H]C(I)P=S. The highest BCUT2D eigenvalue weighted by Crippen LogP contribution is 2.26. The van der Waals surface area contributed by atoms with Crippen molar-refractivity contribution in [2.75, 3.05) is 25.8 Å². The van der Waals surface area contributed by atoms with Gasteiger partial charge in [-0.25, -0.2) is 4.79 Å². The molecule has 1 unspecified atom stereocenters. The number of para-hydroxylation sites is 2. The number of anilines is 4. The Hall–Kier alpha value is -4.71. The lowest BCUT2D eigenvalue weighted by atomic mass is 10.1. The van der Waals surface area contributed by atoms with Crippen molar-refractivity contribution in [1.82, 2.24) is 0 Å². The Balaban J connectivity index is 0.000000218. The van der Waals surface area contributed by atoms with Crippen LogP contribution in [0.3, 0.4) is 0 Å². The van der Waals surface area contributed by atoms with E-state index in [1.165, 1.54) is 6.07 Å². The van der Waals surface area contributed by atoms with Crippen LogP contribution in [0.2, 0.25) is 0 Å². The number of hydrogen-bond donors (Lipinski definition) is 5. The van der Waals surface area contributed by atoms with Crippen LogP contribution < -0.4 is 21.7 Å². The molecule has 4 aromatic rings. The molecule has 264 valence electrons. The molecule has 0 aromatic heterocycles. The number of hydrogen-bond acceptors (Lipinski definition) is 8. The molecular weight excluding hydrogens is 794 g/mol. The third-order valence-corrected chi connectivity index (χ3v) is 10.0. The summed E-state index contributed by atoms with van der Waals surface area (Å²) >= 11 is 6.41. The molecule has 2 aliphatic carbocycles. The second kappa shape index (κ2) is 21.5. The van der Waals surface area contributed by atoms with E-state index in [0.717, 1.165) is 53.4 Å². The number of Topliss-reactive ketones (excluding diaryl/α,β-unsaturated/α-hetero) is 2. The van der Waals surface area contributed by atoms with Crippen LogP contribution in [-0.2, 0) is 21.4 Å². The Morgan fingerprint density at radius 3 is 1.57 bits per heavy atom. The first-order chi connectivity index (χ1) is 24.9. The molecule has 0 saturated heterocycles. The Morgan fingerprint density at radius 2 is 1.18 bits per heavy atom. The van der Waals surface area contributed by atoms with E-state index in [9.17, 15) is 19.2 Å². The second-order valence-corrected chi connectivity index (χ2v) is 13.9. The summed E-state index contributed by atoms with van der Waals surface area (Å²) in [5.41, 5.74) is 12.6. The molecule has 0 spiro atoms. The van der Waals surface area contributed by atoms with Crippen molar-refractivity contribution in [1.29, 1.82) is 0 Å². The number of carbonyl (C=O) groups is 4. The van der Waals surface area contributed by atoms with Crippen molar-refractivity contribution in [3.63, 3.8) is 0 Å². The monoisotopic (exact) mass is 835 g/mol. The van der Waals surface area contributed by atoms with Crippen LogP contribution in [0.15, 0.2) is 132 Å². The minimum atomic E-state index is -0.957. The van der Waals surface area contributed by atoms with E-state index in [0.29, 0.717) is 30.5 Å². The van der Waals surface area contributed by atoms with Crippen LogP contribution in [0.1, 0.15) is 61.6 Å². The number of aromatic carboxylic acids is 1. The predicted octanol–water partition coefficient (Wildman–Crippen LogP) is 9.48. The zero-order chi connectivity index (χ0) is 38.0. The number of ketones is 2. The van der Waals surface area contributed by atoms with Gasteiger partial charge in [-0.05, 0) is 94.7 Å². The van der Waals surface area contributed by atoms with Gasteiger partial charge in [0.15, 0.2) is 11.6 Å². The van der Waals surface area contributed by atoms with Gasteiger partial charge in [-0.2, -0.15) is 0 Å². The number of halogens is 1. The molecule has 6 rings (SSSR count). The fourth-order valence-electron chi connectivity index (χ4n) is 4.87. The molecule has 0 heterocycles. The minimum absolute atomic E-state index is 0.109. The Bertz CT molecular complexity index is 1940. The van der Waals surface area contributed by atoms with Crippen molar-refractivity contribution in [3.05, 3.63) is 143 Å². The summed E-state index contributed by atoms with van der Waals surface area (Å²) in [7, 11) is 0.734. The van der Waals surface area contributed by atoms with E-state index in [2.05, 4.69) is 27.8 Å². The molecule has 0 radical (unpaired) electrons. The summed E-state index contributed by atoms with van der Waals surface area (Å²) in [6.45, 7) is 3.63. The Morgan fingerprint density at radius 1 is 0.745 bits per heavy atom. The van der Waals surface area contributed by atoms with Crippen molar-refractivity contribution < 1.29 is 25.7 Å². The lowest BCUT2D eigenvalue weighted by Gasteiger charge is -2.10. The summed E-state index contributed by atoms with van der Waals surface area (Å²) in [6.07, 6.45) is 2.52. The molecular formula is C39H40IN4O5PS. The molecule has 4 aromatic carbocycles. The molecule has 1 atom stereocenters. The van der Waals surface area contributed by atoms with Crippen LogP contribution in [0.5, 0.6) is 0 Å². The number of nitrogens with one attached hydrogen (secondary N) is 3. The van der Waals surface area contributed by atoms with Gasteiger partial charge in [-0.15, -0.1) is 0 Å².